The van der Waals surface area contributed by atoms with E-state index in [0.717, 1.165) is 0 Å². The van der Waals surface area contributed by atoms with Gasteiger partial charge in [0.2, 0.25) is 0 Å². The summed E-state index contributed by atoms with van der Waals surface area (Å²) in [5.74, 6) is 0. The first-order valence-corrected chi connectivity index (χ1v) is 10.3. The van der Waals surface area contributed by atoms with Gasteiger partial charge in [0.15, 0.2) is 0 Å². The van der Waals surface area contributed by atoms with Crippen molar-refractivity contribution in [2.75, 3.05) is 0 Å². The molecule has 0 amide bonds. The van der Waals surface area contributed by atoms with Crippen molar-refractivity contribution in [2.24, 2.45) is 5.41 Å². The molecular formula is C28H38. The van der Waals surface area contributed by atoms with Crippen molar-refractivity contribution in [2.45, 2.75) is 60.8 Å². The molecule has 0 heterocycles. The Morgan fingerprint density at radius 3 is 1.93 bits per heavy atom. The lowest BCUT2D eigenvalue weighted by Gasteiger charge is -2.32. The molecule has 0 aromatic heterocycles. The van der Waals surface area contributed by atoms with Crippen molar-refractivity contribution < 1.29 is 0 Å². The van der Waals surface area contributed by atoms with Gasteiger partial charge in [0.05, 0.1) is 0 Å². The van der Waals surface area contributed by atoms with Gasteiger partial charge < -0.3 is 0 Å². The minimum absolute atomic E-state index is 0.300. The van der Waals surface area contributed by atoms with Gasteiger partial charge in [-0.2, -0.15) is 0 Å². The fourth-order valence-electron chi connectivity index (χ4n) is 3.38. The predicted molar refractivity (Wildman–Crippen MR) is 128 cm³/mol. The molecule has 0 bridgehead atoms. The Balaban J connectivity index is 2.67. The molecule has 0 nitrogen and oxygen atoms in total. The van der Waals surface area contributed by atoms with E-state index in [9.17, 15) is 0 Å². The molecule has 28 heavy (non-hydrogen) atoms. The maximum Gasteiger partial charge on any atom is -0.0104 e. The average Bonchev–Trinajstić information content (AvgIpc) is 2.62. The van der Waals surface area contributed by atoms with Crippen LogP contribution in [0.25, 0.3) is 0 Å². The minimum Gasteiger partial charge on any atom is -0.0991 e. The molecule has 0 saturated heterocycles. The number of hydrogen-bond donors (Lipinski definition) is 0. The van der Waals surface area contributed by atoms with E-state index >= 15 is 0 Å². The molecule has 1 aliphatic rings. The van der Waals surface area contributed by atoms with Gasteiger partial charge in [0, 0.05) is 0 Å². The fourth-order valence-corrected chi connectivity index (χ4v) is 3.38. The summed E-state index contributed by atoms with van der Waals surface area (Å²) in [6.45, 7) is 17.0. The van der Waals surface area contributed by atoms with Crippen LogP contribution in [0, 0.1) is 5.41 Å². The highest BCUT2D eigenvalue weighted by Crippen LogP contribution is 2.40. The third-order valence-corrected chi connectivity index (χ3v) is 5.10. The van der Waals surface area contributed by atoms with Crippen LogP contribution in [-0.4, -0.2) is 0 Å². The van der Waals surface area contributed by atoms with Crippen molar-refractivity contribution in [1.82, 2.24) is 0 Å². The van der Waals surface area contributed by atoms with Crippen molar-refractivity contribution >= 4 is 0 Å². The van der Waals surface area contributed by atoms with E-state index in [1.54, 1.807) is 11.6 Å². The number of allylic oxidation sites excluding steroid dienone is 17. The summed E-state index contributed by atoms with van der Waals surface area (Å²) in [5, 5.41) is 0. The van der Waals surface area contributed by atoms with Gasteiger partial charge in [0.25, 0.3) is 0 Å². The lowest BCUT2D eigenvalue weighted by atomic mass is 9.72. The highest BCUT2D eigenvalue weighted by Gasteiger charge is 2.26. The second-order valence-electron chi connectivity index (χ2n) is 8.34. The van der Waals surface area contributed by atoms with Crippen LogP contribution in [0.1, 0.15) is 60.8 Å². The van der Waals surface area contributed by atoms with Gasteiger partial charge in [-0.15, -0.1) is 0 Å². The smallest absolute Gasteiger partial charge is 0.0104 e. The quantitative estimate of drug-likeness (QED) is 0.372. The van der Waals surface area contributed by atoms with Crippen molar-refractivity contribution in [3.8, 4) is 0 Å². The van der Waals surface area contributed by atoms with Crippen LogP contribution in [0.15, 0.2) is 107 Å². The summed E-state index contributed by atoms with van der Waals surface area (Å²) < 4.78 is 0. The van der Waals surface area contributed by atoms with Gasteiger partial charge in [-0.3, -0.25) is 0 Å². The van der Waals surface area contributed by atoms with Crippen LogP contribution in [0.4, 0.5) is 0 Å². The molecular weight excluding hydrogens is 336 g/mol. The standard InChI is InChI=1S/C28H38/c1-8-9-14-23(2)15-10-11-16-24(3)17-12-18-25(4)20-21-27-26(5)19-13-22-28(27,6)7/h8-12,14-18,20-21H,1,13,19,22H2,2-7H3. The monoisotopic (exact) mass is 374 g/mol. The summed E-state index contributed by atoms with van der Waals surface area (Å²) in [6, 6.07) is 0. The normalized spacial score (nSPS) is 19.7. The second kappa shape index (κ2) is 12.2. The van der Waals surface area contributed by atoms with Gasteiger partial charge in [-0.1, -0.05) is 116 Å². The first-order valence-electron chi connectivity index (χ1n) is 10.3. The molecule has 150 valence electrons. The van der Waals surface area contributed by atoms with E-state index in [2.05, 4.69) is 103 Å². The van der Waals surface area contributed by atoms with E-state index in [0.29, 0.717) is 5.41 Å². The molecule has 0 unspecified atom stereocenters. The molecule has 0 saturated carbocycles. The zero-order chi connectivity index (χ0) is 21.0. The van der Waals surface area contributed by atoms with Crippen LogP contribution in [0.5, 0.6) is 0 Å². The zero-order valence-electron chi connectivity index (χ0n) is 18.8. The summed E-state index contributed by atoms with van der Waals surface area (Å²) in [5.41, 5.74) is 7.07. The van der Waals surface area contributed by atoms with Crippen LogP contribution >= 0.6 is 0 Å². The van der Waals surface area contributed by atoms with Gasteiger partial charge in [0.1, 0.15) is 0 Å². The van der Waals surface area contributed by atoms with E-state index in [1.807, 2.05) is 12.2 Å². The summed E-state index contributed by atoms with van der Waals surface area (Å²) >= 11 is 0. The van der Waals surface area contributed by atoms with Crippen molar-refractivity contribution in [1.29, 1.82) is 0 Å². The Morgan fingerprint density at radius 1 is 0.821 bits per heavy atom. The number of hydrogen-bond acceptors (Lipinski definition) is 0. The lowest BCUT2D eigenvalue weighted by Crippen LogP contribution is -2.19. The van der Waals surface area contributed by atoms with Crippen molar-refractivity contribution in [3.05, 3.63) is 107 Å². The number of rotatable bonds is 8. The SMILES string of the molecule is C=CC=CC(C)=CC=CC=C(C)C=CC=C(C)C=CC1=C(C)CCCC1(C)C. The van der Waals surface area contributed by atoms with Crippen LogP contribution in [-0.2, 0) is 0 Å². The van der Waals surface area contributed by atoms with Crippen LogP contribution in [0.2, 0.25) is 0 Å². The molecule has 0 aliphatic heterocycles. The van der Waals surface area contributed by atoms with E-state index in [1.165, 1.54) is 41.6 Å². The molecule has 0 N–H and O–H groups in total. The Morgan fingerprint density at radius 2 is 1.36 bits per heavy atom. The molecule has 0 atom stereocenters. The highest BCUT2D eigenvalue weighted by atomic mass is 14.3. The topological polar surface area (TPSA) is 0 Å². The third kappa shape index (κ3) is 9.04. The molecule has 0 spiro atoms. The first kappa shape index (κ1) is 23.7. The van der Waals surface area contributed by atoms with Crippen LogP contribution in [0.3, 0.4) is 0 Å². The van der Waals surface area contributed by atoms with E-state index < -0.39 is 0 Å². The van der Waals surface area contributed by atoms with Gasteiger partial charge >= 0.3 is 0 Å². The molecule has 0 aromatic carbocycles. The Bertz CT molecular complexity index is 765. The van der Waals surface area contributed by atoms with Crippen molar-refractivity contribution in [3.63, 3.8) is 0 Å². The summed E-state index contributed by atoms with van der Waals surface area (Å²) in [7, 11) is 0. The third-order valence-electron chi connectivity index (χ3n) is 5.10. The minimum atomic E-state index is 0.300. The van der Waals surface area contributed by atoms with Gasteiger partial charge in [-0.05, 0) is 57.9 Å². The molecule has 0 radical (unpaired) electrons. The maximum atomic E-state index is 3.68. The fraction of sp³-hybridized carbons (Fsp3) is 0.357. The summed E-state index contributed by atoms with van der Waals surface area (Å²) in [6.07, 6.45) is 29.0. The lowest BCUT2D eigenvalue weighted by molar-refractivity contribution is 0.377. The average molecular weight is 375 g/mol. The first-order chi connectivity index (χ1) is 13.3. The Hall–Kier alpha value is -2.34. The van der Waals surface area contributed by atoms with Gasteiger partial charge in [-0.25, -0.2) is 0 Å². The molecule has 1 rings (SSSR count). The largest absolute Gasteiger partial charge is 0.0991 e. The molecule has 0 fully saturated rings. The maximum absolute atomic E-state index is 3.68. The molecule has 1 aliphatic carbocycles. The second-order valence-corrected chi connectivity index (χ2v) is 8.34. The highest BCUT2D eigenvalue weighted by molar-refractivity contribution is 5.37. The molecule has 0 aromatic rings. The summed E-state index contributed by atoms with van der Waals surface area (Å²) in [4.78, 5) is 0. The predicted octanol–water partition coefficient (Wildman–Crippen LogP) is 8.76. The van der Waals surface area contributed by atoms with E-state index in [4.69, 9.17) is 0 Å². The molecule has 0 heteroatoms. The Kier molecular flexibility index (Phi) is 10.3. The van der Waals surface area contributed by atoms with E-state index in [-0.39, 0.29) is 0 Å². The van der Waals surface area contributed by atoms with Crippen LogP contribution < -0.4 is 0 Å². The Labute approximate surface area is 173 Å². The zero-order valence-corrected chi connectivity index (χ0v) is 18.8.